The molecule has 0 spiro atoms. The number of H-pyrrole nitrogens is 1. The minimum atomic E-state index is -3.13. The number of aromatic nitrogens is 6. The number of hydrogen-bond acceptors (Lipinski definition) is 7. The first-order valence-electron chi connectivity index (χ1n) is 13.3. The van der Waals surface area contributed by atoms with Crippen molar-refractivity contribution >= 4 is 16.9 Å². The molecule has 216 valence electrons. The van der Waals surface area contributed by atoms with Gasteiger partial charge in [-0.2, -0.15) is 5.10 Å². The second-order valence-corrected chi connectivity index (χ2v) is 10.1. The quantitative estimate of drug-likeness (QED) is 0.247. The summed E-state index contributed by atoms with van der Waals surface area (Å²) in [7, 11) is 0. The van der Waals surface area contributed by atoms with Crippen LogP contribution in [0.15, 0.2) is 67.1 Å². The smallest absolute Gasteiger partial charge is 0.270 e. The van der Waals surface area contributed by atoms with Crippen molar-refractivity contribution in [2.45, 2.75) is 37.3 Å². The molecule has 13 heteroatoms. The SMILES string of the molecule is O=C(N[C@@H]1C[C@H](n2c(-c3ccccc3OCCO)nc3ccc(-c4ncn[nH]4)cc32)CC(F)(F)C1)c1cc(F)ccn1. The maximum Gasteiger partial charge on any atom is 0.270 e. The van der Waals surface area contributed by atoms with Crippen molar-refractivity contribution < 1.29 is 27.8 Å². The largest absolute Gasteiger partial charge is 0.490 e. The van der Waals surface area contributed by atoms with Crippen molar-refractivity contribution in [3.8, 4) is 28.5 Å². The molecule has 0 unspecified atom stereocenters. The first-order chi connectivity index (χ1) is 20.3. The van der Waals surface area contributed by atoms with Crippen LogP contribution in [0.4, 0.5) is 13.2 Å². The van der Waals surface area contributed by atoms with Crippen LogP contribution in [0, 0.1) is 5.82 Å². The number of carbonyl (C=O) groups is 1. The Bertz CT molecular complexity index is 1730. The van der Waals surface area contributed by atoms with Crippen molar-refractivity contribution in [3.63, 3.8) is 0 Å². The molecule has 1 aliphatic rings. The Morgan fingerprint density at radius 3 is 2.79 bits per heavy atom. The summed E-state index contributed by atoms with van der Waals surface area (Å²) in [5, 5.41) is 18.7. The van der Waals surface area contributed by atoms with Gasteiger partial charge >= 0.3 is 0 Å². The van der Waals surface area contributed by atoms with E-state index in [0.29, 0.717) is 39.6 Å². The van der Waals surface area contributed by atoms with Gasteiger partial charge in [-0.1, -0.05) is 12.1 Å². The van der Waals surface area contributed by atoms with Crippen molar-refractivity contribution in [3.05, 3.63) is 78.6 Å². The van der Waals surface area contributed by atoms with E-state index in [4.69, 9.17) is 9.72 Å². The molecule has 10 nitrogen and oxygen atoms in total. The molecule has 3 heterocycles. The molecule has 1 saturated carbocycles. The highest BCUT2D eigenvalue weighted by Crippen LogP contribution is 2.44. The molecule has 42 heavy (non-hydrogen) atoms. The average molecular weight is 578 g/mol. The van der Waals surface area contributed by atoms with E-state index in [2.05, 4.69) is 25.5 Å². The van der Waals surface area contributed by atoms with E-state index in [0.717, 1.165) is 18.3 Å². The number of halogens is 3. The van der Waals surface area contributed by atoms with E-state index in [1.165, 1.54) is 6.33 Å². The van der Waals surface area contributed by atoms with Gasteiger partial charge in [0.1, 0.15) is 36.0 Å². The Kier molecular flexibility index (Phi) is 7.33. The number of aromatic amines is 1. The molecule has 3 aromatic heterocycles. The number of hydrogen-bond donors (Lipinski definition) is 3. The zero-order chi connectivity index (χ0) is 29.3. The molecule has 3 N–H and O–H groups in total. The van der Waals surface area contributed by atoms with Gasteiger partial charge in [-0.05, 0) is 42.8 Å². The summed E-state index contributed by atoms with van der Waals surface area (Å²) in [4.78, 5) is 25.7. The zero-order valence-electron chi connectivity index (χ0n) is 22.2. The summed E-state index contributed by atoms with van der Waals surface area (Å²) in [5.41, 5.74) is 2.18. The number of benzene rings is 2. The number of imidazole rings is 1. The number of carbonyl (C=O) groups excluding carboxylic acids is 1. The highest BCUT2D eigenvalue weighted by Gasteiger charge is 2.43. The average Bonchev–Trinajstić information content (AvgIpc) is 3.63. The zero-order valence-corrected chi connectivity index (χ0v) is 22.2. The summed E-state index contributed by atoms with van der Waals surface area (Å²) in [6.07, 6.45) is 1.60. The fourth-order valence-corrected chi connectivity index (χ4v) is 5.46. The van der Waals surface area contributed by atoms with E-state index in [-0.39, 0.29) is 25.3 Å². The van der Waals surface area contributed by atoms with Gasteiger partial charge in [0, 0.05) is 42.8 Å². The first-order valence-corrected chi connectivity index (χ1v) is 13.3. The Morgan fingerprint density at radius 1 is 1.14 bits per heavy atom. The van der Waals surface area contributed by atoms with Crippen LogP contribution in [0.2, 0.25) is 0 Å². The lowest BCUT2D eigenvalue weighted by Crippen LogP contribution is -2.45. The molecule has 5 aromatic rings. The molecule has 0 saturated heterocycles. The third kappa shape index (κ3) is 5.55. The molecule has 0 bridgehead atoms. The predicted molar refractivity (Wildman–Crippen MR) is 146 cm³/mol. The summed E-state index contributed by atoms with van der Waals surface area (Å²) < 4.78 is 51.9. The third-order valence-electron chi connectivity index (χ3n) is 7.15. The summed E-state index contributed by atoms with van der Waals surface area (Å²) >= 11 is 0. The van der Waals surface area contributed by atoms with Crippen LogP contribution in [-0.4, -0.2) is 65.9 Å². The van der Waals surface area contributed by atoms with Crippen LogP contribution < -0.4 is 10.1 Å². The van der Waals surface area contributed by atoms with Crippen LogP contribution in [0.25, 0.3) is 33.8 Å². The molecule has 2 aromatic carbocycles. The van der Waals surface area contributed by atoms with Crippen molar-refractivity contribution in [1.82, 2.24) is 35.0 Å². The molecule has 1 aliphatic carbocycles. The monoisotopic (exact) mass is 577 g/mol. The van der Waals surface area contributed by atoms with Crippen molar-refractivity contribution in [2.75, 3.05) is 13.2 Å². The molecular weight excluding hydrogens is 551 g/mol. The molecule has 1 fully saturated rings. The third-order valence-corrected chi connectivity index (χ3v) is 7.15. The molecule has 0 aliphatic heterocycles. The lowest BCUT2D eigenvalue weighted by Gasteiger charge is -2.36. The number of nitrogens with one attached hydrogen (secondary N) is 2. The Balaban J connectivity index is 1.45. The Hall–Kier alpha value is -4.78. The summed E-state index contributed by atoms with van der Waals surface area (Å²) in [5.74, 6) is -3.18. The summed E-state index contributed by atoms with van der Waals surface area (Å²) in [6.45, 7) is -0.168. The lowest BCUT2D eigenvalue weighted by molar-refractivity contribution is -0.0584. The number of amides is 1. The van der Waals surface area contributed by atoms with Crippen LogP contribution in [-0.2, 0) is 0 Å². The number of fused-ring (bicyclic) bond motifs is 1. The summed E-state index contributed by atoms with van der Waals surface area (Å²) in [6, 6.07) is 12.8. The predicted octanol–water partition coefficient (Wildman–Crippen LogP) is 4.55. The minimum Gasteiger partial charge on any atom is -0.490 e. The topological polar surface area (TPSA) is 131 Å². The van der Waals surface area contributed by atoms with Crippen molar-refractivity contribution in [1.29, 1.82) is 0 Å². The highest BCUT2D eigenvalue weighted by molar-refractivity contribution is 5.92. The van der Waals surface area contributed by atoms with Gasteiger partial charge in [0.25, 0.3) is 11.8 Å². The number of nitrogens with zero attached hydrogens (tertiary/aromatic N) is 5. The molecular formula is C29H26F3N7O3. The maximum atomic E-state index is 15.4. The van der Waals surface area contributed by atoms with Gasteiger partial charge < -0.3 is 19.7 Å². The van der Waals surface area contributed by atoms with Crippen LogP contribution >= 0.6 is 0 Å². The van der Waals surface area contributed by atoms with Crippen LogP contribution in [0.3, 0.4) is 0 Å². The standard InChI is InChI=1S/C29H26F3N7O3/c30-18-7-8-33-23(12-18)28(41)36-19-13-20(15-29(31,32)14-19)39-24-11-17(26-34-16-35-38-26)5-6-22(24)37-27(39)21-3-1-2-4-25(21)42-10-9-40/h1-8,11-12,16,19-20,40H,9-10,13-15H2,(H,36,41)(H,34,35,38)/t19-,20+/m1/s1. The number of pyridine rings is 1. The fraction of sp³-hybridized carbons (Fsp3) is 0.276. The normalized spacial score (nSPS) is 18.2. The number of aliphatic hydroxyl groups is 1. The van der Waals surface area contributed by atoms with E-state index < -0.39 is 42.6 Å². The van der Waals surface area contributed by atoms with Gasteiger partial charge in [0.15, 0.2) is 5.82 Å². The van der Waals surface area contributed by atoms with E-state index in [1.54, 1.807) is 41.0 Å². The number of ether oxygens (including phenoxy) is 1. The molecule has 1 amide bonds. The number of para-hydroxylation sites is 1. The van der Waals surface area contributed by atoms with Gasteiger partial charge in [-0.15, -0.1) is 0 Å². The van der Waals surface area contributed by atoms with E-state index in [1.807, 2.05) is 6.07 Å². The van der Waals surface area contributed by atoms with Crippen molar-refractivity contribution in [2.24, 2.45) is 0 Å². The van der Waals surface area contributed by atoms with Gasteiger partial charge in [-0.25, -0.2) is 23.1 Å². The maximum absolute atomic E-state index is 15.4. The number of aliphatic hydroxyl groups excluding tert-OH is 1. The molecule has 0 radical (unpaired) electrons. The second kappa shape index (κ2) is 11.2. The minimum absolute atomic E-state index is 0.0383. The van der Waals surface area contributed by atoms with Crippen LogP contribution in [0.1, 0.15) is 35.8 Å². The number of alkyl halides is 2. The van der Waals surface area contributed by atoms with E-state index in [9.17, 15) is 14.3 Å². The fourth-order valence-electron chi connectivity index (χ4n) is 5.46. The highest BCUT2D eigenvalue weighted by atomic mass is 19.3. The second-order valence-electron chi connectivity index (χ2n) is 10.1. The van der Waals surface area contributed by atoms with Crippen LogP contribution in [0.5, 0.6) is 5.75 Å². The Morgan fingerprint density at radius 2 is 2.00 bits per heavy atom. The molecule has 6 rings (SSSR count). The van der Waals surface area contributed by atoms with Gasteiger partial charge in [-0.3, -0.25) is 14.9 Å². The van der Waals surface area contributed by atoms with Gasteiger partial charge in [0.2, 0.25) is 0 Å². The molecule has 2 atom stereocenters. The van der Waals surface area contributed by atoms with E-state index >= 15 is 8.78 Å². The number of rotatable bonds is 8. The lowest BCUT2D eigenvalue weighted by atomic mass is 9.87. The Labute approximate surface area is 237 Å². The first kappa shape index (κ1) is 27.4. The van der Waals surface area contributed by atoms with Gasteiger partial charge in [0.05, 0.1) is 23.2 Å².